The van der Waals surface area contributed by atoms with Crippen molar-refractivity contribution in [3.63, 3.8) is 0 Å². The normalized spacial score (nSPS) is 16.0. The Morgan fingerprint density at radius 1 is 1.38 bits per heavy atom. The van der Waals surface area contributed by atoms with Crippen LogP contribution in [0, 0.1) is 0 Å². The summed E-state index contributed by atoms with van der Waals surface area (Å²) in [5.74, 6) is 0. The van der Waals surface area contributed by atoms with E-state index in [1.165, 1.54) is 24.2 Å². The lowest BCUT2D eigenvalue weighted by Crippen LogP contribution is -1.86. The van der Waals surface area contributed by atoms with E-state index in [1.54, 1.807) is 0 Å². The molecule has 1 aliphatic carbocycles. The van der Waals surface area contributed by atoms with Crippen LogP contribution < -0.4 is 5.73 Å². The molecule has 5 heteroatoms. The Morgan fingerprint density at radius 2 is 2.19 bits per heavy atom. The molecular weight excluding hydrogens is 220 g/mol. The molecule has 0 atom stereocenters. The Morgan fingerprint density at radius 3 is 2.88 bits per heavy atom. The van der Waals surface area contributed by atoms with E-state index >= 15 is 0 Å². The maximum absolute atomic E-state index is 5.55. The molecule has 2 N–H and O–H groups in total. The molecule has 82 valence electrons. The maximum atomic E-state index is 5.55. The van der Waals surface area contributed by atoms with E-state index in [4.69, 9.17) is 5.73 Å². The molecule has 1 fully saturated rings. The molecular formula is C11H12N4S. The number of hydrogen-bond acceptors (Lipinski definition) is 4. The van der Waals surface area contributed by atoms with Crippen LogP contribution in [0.5, 0.6) is 0 Å². The zero-order valence-corrected chi connectivity index (χ0v) is 9.52. The van der Waals surface area contributed by atoms with Gasteiger partial charge in [-0.15, -0.1) is 11.3 Å². The minimum absolute atomic E-state index is 0.600. The fourth-order valence-corrected chi connectivity index (χ4v) is 2.09. The topological polar surface area (TPSA) is 56.7 Å². The van der Waals surface area contributed by atoms with Crippen molar-refractivity contribution in [1.29, 1.82) is 0 Å². The minimum Gasteiger partial charge on any atom is -0.375 e. The lowest BCUT2D eigenvalue weighted by Gasteiger charge is -1.92. The number of rotatable bonds is 3. The van der Waals surface area contributed by atoms with Gasteiger partial charge in [-0.05, 0) is 25.0 Å². The van der Waals surface area contributed by atoms with Gasteiger partial charge in [-0.25, -0.2) is 9.97 Å². The van der Waals surface area contributed by atoms with Gasteiger partial charge < -0.3 is 10.3 Å². The fraction of sp³-hybridized carbons (Fsp3) is 0.273. The van der Waals surface area contributed by atoms with Crippen LogP contribution in [0.4, 0.5) is 5.13 Å². The largest absolute Gasteiger partial charge is 0.375 e. The highest BCUT2D eigenvalue weighted by Crippen LogP contribution is 2.34. The Kier molecular flexibility index (Phi) is 2.25. The number of thiazole rings is 1. The predicted molar refractivity (Wildman–Crippen MR) is 66.0 cm³/mol. The summed E-state index contributed by atoms with van der Waals surface area (Å²) in [4.78, 5) is 8.47. The molecule has 2 heterocycles. The van der Waals surface area contributed by atoms with E-state index in [1.807, 2.05) is 23.9 Å². The van der Waals surface area contributed by atoms with Crippen LogP contribution >= 0.6 is 11.3 Å². The number of imidazole rings is 1. The Balaban J connectivity index is 1.74. The van der Waals surface area contributed by atoms with Gasteiger partial charge in [0.15, 0.2) is 5.13 Å². The number of nitrogens with zero attached hydrogens (tertiary/aromatic N) is 3. The number of anilines is 1. The second kappa shape index (κ2) is 3.75. The summed E-state index contributed by atoms with van der Waals surface area (Å²) in [6, 6.07) is 0.685. The third-order valence-corrected chi connectivity index (χ3v) is 3.25. The van der Waals surface area contributed by atoms with Crippen molar-refractivity contribution in [1.82, 2.24) is 14.5 Å². The van der Waals surface area contributed by atoms with E-state index in [0.29, 0.717) is 11.2 Å². The third kappa shape index (κ3) is 1.99. The number of nitrogen functional groups attached to an aromatic ring is 1. The van der Waals surface area contributed by atoms with Crippen molar-refractivity contribution in [2.45, 2.75) is 18.9 Å². The fourth-order valence-electron chi connectivity index (χ4n) is 1.56. The molecule has 0 spiro atoms. The Bertz CT molecular complexity index is 522. The predicted octanol–water partition coefficient (Wildman–Crippen LogP) is 2.43. The van der Waals surface area contributed by atoms with E-state index in [9.17, 15) is 0 Å². The zero-order chi connectivity index (χ0) is 11.0. The summed E-state index contributed by atoms with van der Waals surface area (Å²) in [7, 11) is 0. The molecule has 0 aliphatic heterocycles. The molecule has 4 nitrogen and oxygen atoms in total. The van der Waals surface area contributed by atoms with Gasteiger partial charge in [0.1, 0.15) is 0 Å². The summed E-state index contributed by atoms with van der Waals surface area (Å²) < 4.78 is 2.18. The van der Waals surface area contributed by atoms with Crippen molar-refractivity contribution in [2.24, 2.45) is 0 Å². The SMILES string of the molecule is Nc1nc(C=Cc2cn(C3CC3)cn2)cs1. The molecule has 1 saturated carbocycles. The maximum Gasteiger partial charge on any atom is 0.180 e. The second-order valence-corrected chi connectivity index (χ2v) is 4.81. The first kappa shape index (κ1) is 9.59. The molecule has 16 heavy (non-hydrogen) atoms. The lowest BCUT2D eigenvalue weighted by atomic mass is 10.3. The number of nitrogens with two attached hydrogens (primary N) is 1. The summed E-state index contributed by atoms with van der Waals surface area (Å²) >= 11 is 1.45. The summed E-state index contributed by atoms with van der Waals surface area (Å²) in [6.07, 6.45) is 10.4. The smallest absolute Gasteiger partial charge is 0.180 e. The van der Waals surface area contributed by atoms with Crippen LogP contribution in [-0.2, 0) is 0 Å². The highest BCUT2D eigenvalue weighted by molar-refractivity contribution is 7.13. The number of hydrogen-bond donors (Lipinski definition) is 1. The zero-order valence-electron chi connectivity index (χ0n) is 8.71. The first-order valence-corrected chi connectivity index (χ1v) is 6.12. The molecule has 1 aliphatic rings. The monoisotopic (exact) mass is 232 g/mol. The van der Waals surface area contributed by atoms with E-state index in [-0.39, 0.29) is 0 Å². The van der Waals surface area contributed by atoms with Gasteiger partial charge >= 0.3 is 0 Å². The average molecular weight is 232 g/mol. The van der Waals surface area contributed by atoms with Crippen molar-refractivity contribution in [3.8, 4) is 0 Å². The summed E-state index contributed by atoms with van der Waals surface area (Å²) in [5, 5.41) is 2.53. The number of aromatic nitrogens is 3. The molecule has 2 aromatic rings. The standard InChI is InChI=1S/C11H12N4S/c12-11-14-9(6-16-11)2-1-8-5-15(7-13-8)10-3-4-10/h1-2,5-7,10H,3-4H2,(H2,12,14). The Labute approximate surface area is 97.5 Å². The average Bonchev–Trinajstić information content (AvgIpc) is 2.87. The van der Waals surface area contributed by atoms with Gasteiger partial charge in [-0.1, -0.05) is 0 Å². The first-order chi connectivity index (χ1) is 7.81. The van der Waals surface area contributed by atoms with Crippen LogP contribution in [-0.4, -0.2) is 14.5 Å². The molecule has 0 bridgehead atoms. The van der Waals surface area contributed by atoms with Crippen LogP contribution in [0.15, 0.2) is 17.9 Å². The van der Waals surface area contributed by atoms with Crippen molar-refractivity contribution >= 4 is 28.6 Å². The van der Waals surface area contributed by atoms with Crippen molar-refractivity contribution in [2.75, 3.05) is 5.73 Å². The minimum atomic E-state index is 0.600. The lowest BCUT2D eigenvalue weighted by molar-refractivity contribution is 0.740. The third-order valence-electron chi connectivity index (χ3n) is 2.55. The van der Waals surface area contributed by atoms with Crippen molar-refractivity contribution in [3.05, 3.63) is 29.3 Å². The molecule has 0 aromatic carbocycles. The quantitative estimate of drug-likeness (QED) is 0.884. The first-order valence-electron chi connectivity index (χ1n) is 5.24. The van der Waals surface area contributed by atoms with Gasteiger partial charge in [-0.3, -0.25) is 0 Å². The summed E-state index contributed by atoms with van der Waals surface area (Å²) in [6.45, 7) is 0. The molecule has 0 saturated heterocycles. The van der Waals surface area contributed by atoms with Gasteiger partial charge in [-0.2, -0.15) is 0 Å². The van der Waals surface area contributed by atoms with Crippen LogP contribution in [0.3, 0.4) is 0 Å². The highest BCUT2D eigenvalue weighted by Gasteiger charge is 2.22. The van der Waals surface area contributed by atoms with Crippen LogP contribution in [0.2, 0.25) is 0 Å². The van der Waals surface area contributed by atoms with Gasteiger partial charge in [0.2, 0.25) is 0 Å². The van der Waals surface area contributed by atoms with Gasteiger partial charge in [0.05, 0.1) is 17.7 Å². The molecule has 3 rings (SSSR count). The Hall–Kier alpha value is -1.62. The van der Waals surface area contributed by atoms with Gasteiger partial charge in [0, 0.05) is 17.6 Å². The van der Waals surface area contributed by atoms with E-state index in [0.717, 1.165) is 11.4 Å². The van der Waals surface area contributed by atoms with E-state index in [2.05, 4.69) is 20.7 Å². The van der Waals surface area contributed by atoms with Crippen LogP contribution in [0.25, 0.3) is 12.2 Å². The molecule has 2 aromatic heterocycles. The van der Waals surface area contributed by atoms with E-state index < -0.39 is 0 Å². The van der Waals surface area contributed by atoms with Crippen molar-refractivity contribution < 1.29 is 0 Å². The summed E-state index contributed by atoms with van der Waals surface area (Å²) in [5.41, 5.74) is 7.42. The highest BCUT2D eigenvalue weighted by atomic mass is 32.1. The second-order valence-electron chi connectivity index (χ2n) is 3.92. The molecule has 0 amide bonds. The van der Waals surface area contributed by atoms with Gasteiger partial charge in [0.25, 0.3) is 0 Å². The molecule has 0 radical (unpaired) electrons. The van der Waals surface area contributed by atoms with Crippen LogP contribution in [0.1, 0.15) is 30.3 Å². The molecule has 0 unspecified atom stereocenters.